The lowest BCUT2D eigenvalue weighted by atomic mass is 10.4. The molecule has 3 amide bonds. The van der Waals surface area contributed by atoms with Crippen LogP contribution in [0.2, 0.25) is 0 Å². The Labute approximate surface area is 100 Å². The van der Waals surface area contributed by atoms with Crippen LogP contribution in [0.5, 0.6) is 0 Å². The number of rotatable bonds is 7. The number of amides is 3. The Balaban J connectivity index is 4.47. The van der Waals surface area contributed by atoms with Crippen molar-refractivity contribution in [2.45, 2.75) is 20.3 Å². The number of nitrogens with zero attached hydrogens (tertiary/aromatic N) is 2. The van der Waals surface area contributed by atoms with Crippen molar-refractivity contribution >= 4 is 17.9 Å². The van der Waals surface area contributed by atoms with Crippen molar-refractivity contribution in [1.82, 2.24) is 9.80 Å². The second-order valence-electron chi connectivity index (χ2n) is 3.49. The summed E-state index contributed by atoms with van der Waals surface area (Å²) in [6.07, 6.45) is -0.117. The molecule has 98 valence electrons. The molecule has 0 bridgehead atoms. The molecule has 0 unspecified atom stereocenters. The number of hydrogen-bond acceptors (Lipinski definition) is 3. The van der Waals surface area contributed by atoms with Gasteiger partial charge >= 0.3 is 12.0 Å². The van der Waals surface area contributed by atoms with Crippen LogP contribution in [-0.4, -0.2) is 59.0 Å². The molecule has 0 aromatic rings. The molecule has 0 rings (SSSR count). The number of hydrogen-bond donors (Lipinski definition) is 2. The van der Waals surface area contributed by atoms with Crippen molar-refractivity contribution in [1.29, 1.82) is 0 Å². The summed E-state index contributed by atoms with van der Waals surface area (Å²) >= 11 is 0. The van der Waals surface area contributed by atoms with Gasteiger partial charge in [0.25, 0.3) is 0 Å². The molecule has 0 atom stereocenters. The SMILES string of the molecule is CCN(CCC(=O)O)C(=O)N(CC)CC(N)=O. The van der Waals surface area contributed by atoms with Crippen molar-refractivity contribution in [2.75, 3.05) is 26.2 Å². The topological polar surface area (TPSA) is 104 Å². The number of nitrogens with two attached hydrogens (primary N) is 1. The fourth-order valence-corrected chi connectivity index (χ4v) is 1.32. The molecule has 0 aromatic heterocycles. The van der Waals surface area contributed by atoms with Crippen LogP contribution in [0.3, 0.4) is 0 Å². The standard InChI is InChI=1S/C10H19N3O4/c1-3-12(6-5-9(15)16)10(17)13(4-2)7-8(11)14/h3-7H2,1-2H3,(H2,11,14)(H,15,16). The molecule has 0 saturated heterocycles. The van der Waals surface area contributed by atoms with Crippen molar-refractivity contribution in [3.8, 4) is 0 Å². The molecule has 0 spiro atoms. The van der Waals surface area contributed by atoms with Crippen molar-refractivity contribution in [2.24, 2.45) is 5.73 Å². The first kappa shape index (κ1) is 15.2. The first-order chi connectivity index (χ1) is 7.92. The Bertz CT molecular complexity index is 293. The Hall–Kier alpha value is -1.79. The first-order valence-electron chi connectivity index (χ1n) is 5.46. The van der Waals surface area contributed by atoms with E-state index in [2.05, 4.69) is 0 Å². The van der Waals surface area contributed by atoms with Gasteiger partial charge in [-0.3, -0.25) is 9.59 Å². The molecule has 0 aliphatic heterocycles. The lowest BCUT2D eigenvalue weighted by Crippen LogP contribution is -2.47. The summed E-state index contributed by atoms with van der Waals surface area (Å²) in [6, 6.07) is -0.366. The molecule has 0 saturated carbocycles. The normalized spacial score (nSPS) is 9.76. The second-order valence-corrected chi connectivity index (χ2v) is 3.49. The molecule has 0 aliphatic carbocycles. The lowest BCUT2D eigenvalue weighted by Gasteiger charge is -2.28. The monoisotopic (exact) mass is 245 g/mol. The molecule has 17 heavy (non-hydrogen) atoms. The maximum absolute atomic E-state index is 11.9. The zero-order valence-electron chi connectivity index (χ0n) is 10.2. The number of carboxylic acid groups (broad SMARTS) is 1. The van der Waals surface area contributed by atoms with Gasteiger partial charge < -0.3 is 20.6 Å². The molecule has 0 aliphatic rings. The van der Waals surface area contributed by atoms with E-state index in [1.54, 1.807) is 13.8 Å². The van der Waals surface area contributed by atoms with Gasteiger partial charge in [0, 0.05) is 19.6 Å². The summed E-state index contributed by atoms with van der Waals surface area (Å²) < 4.78 is 0. The molecular formula is C10H19N3O4. The fraction of sp³-hybridized carbons (Fsp3) is 0.700. The van der Waals surface area contributed by atoms with Gasteiger partial charge in [0.1, 0.15) is 6.54 Å². The molecule has 0 fully saturated rings. The highest BCUT2D eigenvalue weighted by atomic mass is 16.4. The minimum Gasteiger partial charge on any atom is -0.481 e. The maximum atomic E-state index is 11.9. The average molecular weight is 245 g/mol. The number of carboxylic acids is 1. The van der Waals surface area contributed by atoms with Gasteiger partial charge in [-0.15, -0.1) is 0 Å². The van der Waals surface area contributed by atoms with Crippen LogP contribution in [0.4, 0.5) is 4.79 Å². The molecular weight excluding hydrogens is 226 g/mol. The highest BCUT2D eigenvalue weighted by Gasteiger charge is 2.20. The Morgan fingerprint density at radius 3 is 2.00 bits per heavy atom. The Morgan fingerprint density at radius 2 is 1.65 bits per heavy atom. The van der Waals surface area contributed by atoms with E-state index in [-0.39, 0.29) is 25.5 Å². The number of urea groups is 1. The Kier molecular flexibility index (Phi) is 6.69. The zero-order chi connectivity index (χ0) is 13.4. The highest BCUT2D eigenvalue weighted by Crippen LogP contribution is 2.00. The number of aliphatic carboxylic acids is 1. The van der Waals surface area contributed by atoms with Crippen LogP contribution >= 0.6 is 0 Å². The van der Waals surface area contributed by atoms with Gasteiger partial charge in [-0.05, 0) is 13.8 Å². The summed E-state index contributed by atoms with van der Waals surface area (Å²) in [7, 11) is 0. The molecule has 0 aromatic carbocycles. The van der Waals surface area contributed by atoms with E-state index in [4.69, 9.17) is 10.8 Å². The quantitative estimate of drug-likeness (QED) is 0.643. The molecule has 3 N–H and O–H groups in total. The fourth-order valence-electron chi connectivity index (χ4n) is 1.32. The average Bonchev–Trinajstić information content (AvgIpc) is 2.25. The van der Waals surface area contributed by atoms with Gasteiger partial charge in [0.2, 0.25) is 5.91 Å². The summed E-state index contributed by atoms with van der Waals surface area (Å²) in [5.41, 5.74) is 5.03. The number of carbonyl (C=O) groups is 3. The van der Waals surface area contributed by atoms with Crippen LogP contribution < -0.4 is 5.73 Å². The van der Waals surface area contributed by atoms with E-state index >= 15 is 0 Å². The van der Waals surface area contributed by atoms with E-state index in [0.29, 0.717) is 13.1 Å². The van der Waals surface area contributed by atoms with Crippen molar-refractivity contribution in [3.63, 3.8) is 0 Å². The van der Waals surface area contributed by atoms with Crippen LogP contribution in [0.1, 0.15) is 20.3 Å². The third-order valence-electron chi connectivity index (χ3n) is 2.25. The largest absolute Gasteiger partial charge is 0.481 e. The van der Waals surface area contributed by atoms with E-state index in [9.17, 15) is 14.4 Å². The van der Waals surface area contributed by atoms with Crippen LogP contribution in [-0.2, 0) is 9.59 Å². The lowest BCUT2D eigenvalue weighted by molar-refractivity contribution is -0.137. The number of primary amides is 1. The molecule has 7 heteroatoms. The van der Waals surface area contributed by atoms with E-state index in [1.165, 1.54) is 9.80 Å². The van der Waals surface area contributed by atoms with Gasteiger partial charge in [-0.1, -0.05) is 0 Å². The van der Waals surface area contributed by atoms with Crippen LogP contribution in [0.25, 0.3) is 0 Å². The highest BCUT2D eigenvalue weighted by molar-refractivity contribution is 5.83. The van der Waals surface area contributed by atoms with Crippen molar-refractivity contribution < 1.29 is 19.5 Å². The van der Waals surface area contributed by atoms with Crippen LogP contribution in [0.15, 0.2) is 0 Å². The smallest absolute Gasteiger partial charge is 0.320 e. The maximum Gasteiger partial charge on any atom is 0.320 e. The molecule has 0 heterocycles. The van der Waals surface area contributed by atoms with Gasteiger partial charge in [-0.2, -0.15) is 0 Å². The molecule has 7 nitrogen and oxygen atoms in total. The third-order valence-corrected chi connectivity index (χ3v) is 2.25. The number of carbonyl (C=O) groups excluding carboxylic acids is 2. The second kappa shape index (κ2) is 7.48. The predicted octanol–water partition coefficient (Wildman–Crippen LogP) is -0.290. The summed E-state index contributed by atoms with van der Waals surface area (Å²) in [5, 5.41) is 8.56. The third kappa shape index (κ3) is 5.74. The first-order valence-corrected chi connectivity index (χ1v) is 5.46. The minimum atomic E-state index is -0.964. The zero-order valence-corrected chi connectivity index (χ0v) is 10.2. The van der Waals surface area contributed by atoms with Gasteiger partial charge in [-0.25, -0.2) is 4.79 Å². The van der Waals surface area contributed by atoms with E-state index in [0.717, 1.165) is 0 Å². The van der Waals surface area contributed by atoms with Gasteiger partial charge in [0.05, 0.1) is 6.42 Å². The number of likely N-dealkylation sites (N-methyl/N-ethyl adjacent to an activating group) is 1. The predicted molar refractivity (Wildman–Crippen MR) is 61.3 cm³/mol. The minimum absolute atomic E-state index is 0.117. The summed E-state index contributed by atoms with van der Waals surface area (Å²) in [4.78, 5) is 35.8. The van der Waals surface area contributed by atoms with Gasteiger partial charge in [0.15, 0.2) is 0 Å². The van der Waals surface area contributed by atoms with Crippen LogP contribution in [0, 0.1) is 0 Å². The van der Waals surface area contributed by atoms with E-state index in [1.807, 2.05) is 0 Å². The Morgan fingerprint density at radius 1 is 1.12 bits per heavy atom. The summed E-state index contributed by atoms with van der Waals surface area (Å²) in [6.45, 7) is 4.19. The van der Waals surface area contributed by atoms with E-state index < -0.39 is 11.9 Å². The summed E-state index contributed by atoms with van der Waals surface area (Å²) in [5.74, 6) is -1.55. The molecule has 0 radical (unpaired) electrons. The van der Waals surface area contributed by atoms with Crippen molar-refractivity contribution in [3.05, 3.63) is 0 Å².